The molecule has 0 aromatic heterocycles. The first kappa shape index (κ1) is 14.9. The van der Waals surface area contributed by atoms with E-state index in [-0.39, 0.29) is 11.3 Å². The Bertz CT molecular complexity index is 471. The van der Waals surface area contributed by atoms with Gasteiger partial charge in [0.1, 0.15) is 5.75 Å². The van der Waals surface area contributed by atoms with Gasteiger partial charge in [0.2, 0.25) is 0 Å². The van der Waals surface area contributed by atoms with Crippen molar-refractivity contribution in [3.05, 3.63) is 29.8 Å². The molecule has 1 aliphatic rings. The van der Waals surface area contributed by atoms with E-state index in [0.29, 0.717) is 23.9 Å². The lowest BCUT2D eigenvalue weighted by Gasteiger charge is -2.39. The quantitative estimate of drug-likeness (QED) is 0.886. The summed E-state index contributed by atoms with van der Waals surface area (Å²) < 4.78 is 5.14. The van der Waals surface area contributed by atoms with Gasteiger partial charge in [0.15, 0.2) is 0 Å². The Morgan fingerprint density at radius 1 is 1.50 bits per heavy atom. The van der Waals surface area contributed by atoms with E-state index in [1.54, 1.807) is 19.2 Å². The second kappa shape index (κ2) is 6.27. The van der Waals surface area contributed by atoms with Crippen LogP contribution in [0.5, 0.6) is 5.75 Å². The Labute approximate surface area is 120 Å². The molecule has 1 aliphatic heterocycles. The Balaban J connectivity index is 1.94. The molecule has 20 heavy (non-hydrogen) atoms. The van der Waals surface area contributed by atoms with Crippen molar-refractivity contribution in [2.45, 2.75) is 32.7 Å². The number of methoxy groups -OCH3 is 1. The molecule has 110 valence electrons. The van der Waals surface area contributed by atoms with Crippen molar-refractivity contribution in [3.63, 3.8) is 0 Å². The van der Waals surface area contributed by atoms with E-state index >= 15 is 0 Å². The molecule has 1 aromatic rings. The summed E-state index contributed by atoms with van der Waals surface area (Å²) in [5.74, 6) is 0.654. The second-order valence-corrected chi connectivity index (χ2v) is 6.04. The van der Waals surface area contributed by atoms with Gasteiger partial charge >= 0.3 is 0 Å². The lowest BCUT2D eigenvalue weighted by Crippen LogP contribution is -2.52. The smallest absolute Gasteiger partial charge is 0.251 e. The van der Waals surface area contributed by atoms with E-state index < -0.39 is 0 Å². The average Bonchev–Trinajstić information content (AvgIpc) is 2.45. The Kier molecular flexibility index (Phi) is 4.65. The monoisotopic (exact) mass is 276 g/mol. The van der Waals surface area contributed by atoms with Crippen LogP contribution in [0.25, 0.3) is 0 Å². The van der Waals surface area contributed by atoms with Crippen molar-refractivity contribution in [2.75, 3.05) is 20.2 Å². The molecule has 1 aromatic carbocycles. The number of amides is 1. The third kappa shape index (κ3) is 3.51. The predicted molar refractivity (Wildman–Crippen MR) is 80.1 cm³/mol. The molecule has 1 amide bonds. The van der Waals surface area contributed by atoms with E-state index in [4.69, 9.17) is 4.74 Å². The van der Waals surface area contributed by atoms with Crippen LogP contribution >= 0.6 is 0 Å². The van der Waals surface area contributed by atoms with Crippen LogP contribution in [0.15, 0.2) is 24.3 Å². The molecular formula is C16H24N2O2. The highest BCUT2D eigenvalue weighted by Gasteiger charge is 2.31. The fraction of sp³-hybridized carbons (Fsp3) is 0.562. The van der Waals surface area contributed by atoms with Gasteiger partial charge in [-0.15, -0.1) is 0 Å². The van der Waals surface area contributed by atoms with Gasteiger partial charge in [0.25, 0.3) is 5.91 Å². The van der Waals surface area contributed by atoms with Gasteiger partial charge in [-0.2, -0.15) is 0 Å². The molecule has 2 rings (SSSR count). The molecule has 4 nitrogen and oxygen atoms in total. The number of carbonyl (C=O) groups excluding carboxylic acids is 1. The molecule has 1 fully saturated rings. The van der Waals surface area contributed by atoms with Crippen LogP contribution < -0.4 is 15.4 Å². The zero-order chi connectivity index (χ0) is 14.6. The molecule has 1 saturated heterocycles. The van der Waals surface area contributed by atoms with Crippen molar-refractivity contribution < 1.29 is 9.53 Å². The van der Waals surface area contributed by atoms with Crippen molar-refractivity contribution in [2.24, 2.45) is 5.41 Å². The maximum absolute atomic E-state index is 12.2. The van der Waals surface area contributed by atoms with Crippen LogP contribution in [-0.4, -0.2) is 32.1 Å². The minimum atomic E-state index is -0.0490. The number of rotatable bonds is 4. The first-order valence-corrected chi connectivity index (χ1v) is 7.18. The minimum Gasteiger partial charge on any atom is -0.497 e. The van der Waals surface area contributed by atoms with E-state index in [1.807, 2.05) is 12.1 Å². The van der Waals surface area contributed by atoms with Gasteiger partial charge in [0.05, 0.1) is 7.11 Å². The van der Waals surface area contributed by atoms with E-state index in [9.17, 15) is 4.79 Å². The third-order valence-corrected chi connectivity index (χ3v) is 4.13. The molecule has 0 radical (unpaired) electrons. The molecular weight excluding hydrogens is 252 g/mol. The molecule has 0 saturated carbocycles. The second-order valence-electron chi connectivity index (χ2n) is 6.04. The van der Waals surface area contributed by atoms with E-state index in [1.165, 1.54) is 12.8 Å². The lowest BCUT2D eigenvalue weighted by atomic mass is 9.77. The molecule has 2 N–H and O–H groups in total. The van der Waals surface area contributed by atoms with Gasteiger partial charge in [-0.05, 0) is 43.0 Å². The molecule has 1 heterocycles. The number of benzene rings is 1. The highest BCUT2D eigenvalue weighted by molar-refractivity contribution is 5.94. The maximum atomic E-state index is 12.2. The lowest BCUT2D eigenvalue weighted by molar-refractivity contribution is 0.0928. The van der Waals surface area contributed by atoms with Gasteiger partial charge in [-0.3, -0.25) is 4.79 Å². The predicted octanol–water partition coefficient (Wildman–Crippen LogP) is 2.20. The van der Waals surface area contributed by atoms with E-state index in [0.717, 1.165) is 6.54 Å². The number of hydrogen-bond donors (Lipinski definition) is 2. The standard InChI is InChI=1S/C16H24N2O2/c1-16(2)8-5-9-17-14(16)11-18-15(19)12-6-4-7-13(10-12)20-3/h4,6-7,10,14,17H,5,8-9,11H2,1-3H3,(H,18,19). The number of carbonyl (C=O) groups is 1. The van der Waals surface area contributed by atoms with Crippen molar-refractivity contribution >= 4 is 5.91 Å². The largest absolute Gasteiger partial charge is 0.497 e. The van der Waals surface area contributed by atoms with Crippen LogP contribution in [0.3, 0.4) is 0 Å². The van der Waals surface area contributed by atoms with Crippen LogP contribution in [0, 0.1) is 5.41 Å². The highest BCUT2D eigenvalue weighted by atomic mass is 16.5. The maximum Gasteiger partial charge on any atom is 0.251 e. The summed E-state index contributed by atoms with van der Waals surface area (Å²) >= 11 is 0. The third-order valence-electron chi connectivity index (χ3n) is 4.13. The summed E-state index contributed by atoms with van der Waals surface area (Å²) in [6, 6.07) is 7.55. The molecule has 1 atom stereocenters. The van der Waals surface area contributed by atoms with Crippen molar-refractivity contribution in [1.82, 2.24) is 10.6 Å². The van der Waals surface area contributed by atoms with E-state index in [2.05, 4.69) is 24.5 Å². The number of hydrogen-bond acceptors (Lipinski definition) is 3. The van der Waals surface area contributed by atoms with Crippen LogP contribution in [-0.2, 0) is 0 Å². The molecule has 1 unspecified atom stereocenters. The fourth-order valence-electron chi connectivity index (χ4n) is 2.68. The summed E-state index contributed by atoms with van der Waals surface area (Å²) in [4.78, 5) is 12.2. The van der Waals surface area contributed by atoms with Crippen LogP contribution in [0.2, 0.25) is 0 Å². The Hall–Kier alpha value is -1.55. The average molecular weight is 276 g/mol. The van der Waals surface area contributed by atoms with Gasteiger partial charge < -0.3 is 15.4 Å². The van der Waals surface area contributed by atoms with Gasteiger partial charge in [-0.25, -0.2) is 0 Å². The van der Waals surface area contributed by atoms with Crippen molar-refractivity contribution in [3.8, 4) is 5.75 Å². The summed E-state index contributed by atoms with van der Waals surface area (Å²) in [6.45, 7) is 6.19. The Morgan fingerprint density at radius 2 is 2.30 bits per heavy atom. The first-order valence-electron chi connectivity index (χ1n) is 7.18. The molecule has 0 bridgehead atoms. The fourth-order valence-corrected chi connectivity index (χ4v) is 2.68. The Morgan fingerprint density at radius 3 is 3.00 bits per heavy atom. The summed E-state index contributed by atoms with van der Waals surface area (Å²) in [5.41, 5.74) is 0.859. The van der Waals surface area contributed by atoms with Gasteiger partial charge in [0, 0.05) is 18.2 Å². The summed E-state index contributed by atoms with van der Waals surface area (Å²) in [7, 11) is 1.60. The van der Waals surface area contributed by atoms with Crippen LogP contribution in [0.1, 0.15) is 37.0 Å². The van der Waals surface area contributed by atoms with Gasteiger partial charge in [-0.1, -0.05) is 19.9 Å². The SMILES string of the molecule is COc1cccc(C(=O)NCC2NCCCC2(C)C)c1. The minimum absolute atomic E-state index is 0.0490. The van der Waals surface area contributed by atoms with Crippen LogP contribution in [0.4, 0.5) is 0 Å². The number of ether oxygens (including phenoxy) is 1. The molecule has 0 aliphatic carbocycles. The highest BCUT2D eigenvalue weighted by Crippen LogP contribution is 2.29. The zero-order valence-corrected chi connectivity index (χ0v) is 12.5. The first-order chi connectivity index (χ1) is 9.53. The zero-order valence-electron chi connectivity index (χ0n) is 12.5. The molecule has 0 spiro atoms. The number of nitrogens with one attached hydrogen (secondary N) is 2. The topological polar surface area (TPSA) is 50.4 Å². The number of piperidine rings is 1. The molecule has 4 heteroatoms. The summed E-state index contributed by atoms with van der Waals surface area (Å²) in [6.07, 6.45) is 2.40. The normalized spacial score (nSPS) is 21.2. The van der Waals surface area contributed by atoms with Crippen molar-refractivity contribution in [1.29, 1.82) is 0 Å². The summed E-state index contributed by atoms with van der Waals surface area (Å²) in [5, 5.41) is 6.52.